The van der Waals surface area contributed by atoms with Crippen molar-refractivity contribution in [2.45, 2.75) is 25.8 Å². The monoisotopic (exact) mass is 509 g/mol. The van der Waals surface area contributed by atoms with Gasteiger partial charge in [0.1, 0.15) is 11.6 Å². The Morgan fingerprint density at radius 1 is 0.842 bits per heavy atom. The Kier molecular flexibility index (Phi) is 6.45. The van der Waals surface area contributed by atoms with E-state index in [1.807, 2.05) is 64.1 Å². The summed E-state index contributed by atoms with van der Waals surface area (Å²) in [6, 6.07) is 23.7. The van der Waals surface area contributed by atoms with E-state index < -0.39 is 6.09 Å². The second-order valence-corrected chi connectivity index (χ2v) is 9.83. The van der Waals surface area contributed by atoms with Crippen LogP contribution in [0.1, 0.15) is 29.2 Å². The molecule has 3 aromatic carbocycles. The number of anilines is 2. The van der Waals surface area contributed by atoms with Crippen LogP contribution in [0.3, 0.4) is 0 Å². The van der Waals surface area contributed by atoms with E-state index in [-0.39, 0.29) is 5.91 Å². The third kappa shape index (κ3) is 4.47. The van der Waals surface area contributed by atoms with Gasteiger partial charge in [-0.2, -0.15) is 0 Å². The quantitative estimate of drug-likeness (QED) is 0.389. The number of imidazole rings is 1. The van der Waals surface area contributed by atoms with Gasteiger partial charge in [-0.3, -0.25) is 9.69 Å². The molecule has 2 aliphatic rings. The Balaban J connectivity index is 1.25. The summed E-state index contributed by atoms with van der Waals surface area (Å²) in [6.07, 6.45) is 2.22. The predicted molar refractivity (Wildman–Crippen MR) is 148 cm³/mol. The van der Waals surface area contributed by atoms with E-state index in [4.69, 9.17) is 9.72 Å². The van der Waals surface area contributed by atoms with Crippen molar-refractivity contribution in [3.8, 4) is 5.75 Å². The molecule has 38 heavy (non-hydrogen) atoms. The molecule has 0 saturated carbocycles. The highest BCUT2D eigenvalue weighted by atomic mass is 16.6. The average molecular weight is 510 g/mol. The molecule has 1 aromatic heterocycles. The number of hydrogen-bond acceptors (Lipinski definition) is 5. The Hall–Kier alpha value is -4.33. The maximum absolute atomic E-state index is 13.9. The molecule has 0 unspecified atom stereocenters. The van der Waals surface area contributed by atoms with Crippen LogP contribution in [-0.2, 0) is 13.0 Å². The first-order valence-corrected chi connectivity index (χ1v) is 13.2. The van der Waals surface area contributed by atoms with Crippen molar-refractivity contribution in [1.29, 1.82) is 0 Å². The number of aromatic nitrogens is 2. The number of ether oxygens (including phenoxy) is 1. The molecule has 1 saturated heterocycles. The van der Waals surface area contributed by atoms with Gasteiger partial charge in [0, 0.05) is 57.3 Å². The van der Waals surface area contributed by atoms with Crippen molar-refractivity contribution >= 4 is 34.3 Å². The number of aryl methyl sites for hydroxylation is 1. The van der Waals surface area contributed by atoms with Crippen molar-refractivity contribution < 1.29 is 14.3 Å². The predicted octanol–water partition coefficient (Wildman–Crippen LogP) is 4.97. The summed E-state index contributed by atoms with van der Waals surface area (Å²) in [5, 5.41) is 1.84. The fraction of sp³-hybridized carbons (Fsp3) is 0.300. The van der Waals surface area contributed by atoms with Crippen LogP contribution >= 0.6 is 0 Å². The smallest absolute Gasteiger partial charge is 0.409 e. The Morgan fingerprint density at radius 2 is 1.58 bits per heavy atom. The lowest BCUT2D eigenvalue weighted by Gasteiger charge is -2.36. The van der Waals surface area contributed by atoms with Crippen molar-refractivity contribution in [1.82, 2.24) is 14.5 Å². The number of carbonyl (C=O) groups is 2. The fourth-order valence-corrected chi connectivity index (χ4v) is 5.41. The van der Waals surface area contributed by atoms with Gasteiger partial charge in [-0.05, 0) is 36.4 Å². The van der Waals surface area contributed by atoms with Crippen molar-refractivity contribution in [3.05, 3.63) is 84.3 Å². The molecule has 8 nitrogen and oxygen atoms in total. The van der Waals surface area contributed by atoms with Crippen LogP contribution in [0.5, 0.6) is 5.75 Å². The highest BCUT2D eigenvalue weighted by Gasteiger charge is 2.33. The van der Waals surface area contributed by atoms with Crippen molar-refractivity contribution in [2.24, 2.45) is 0 Å². The number of benzene rings is 3. The van der Waals surface area contributed by atoms with Crippen molar-refractivity contribution in [2.75, 3.05) is 43.0 Å². The summed E-state index contributed by atoms with van der Waals surface area (Å²) in [4.78, 5) is 37.6. The van der Waals surface area contributed by atoms with Crippen LogP contribution in [0.4, 0.5) is 16.3 Å². The first-order chi connectivity index (χ1) is 18.6. The lowest BCUT2D eigenvalue weighted by atomic mass is 10.1. The molecule has 0 N–H and O–H groups in total. The van der Waals surface area contributed by atoms with E-state index in [0.29, 0.717) is 30.4 Å². The van der Waals surface area contributed by atoms with Gasteiger partial charge in [0.05, 0.1) is 0 Å². The number of amides is 2. The minimum absolute atomic E-state index is 0.0850. The highest BCUT2D eigenvalue weighted by Crippen LogP contribution is 2.30. The van der Waals surface area contributed by atoms with E-state index in [9.17, 15) is 9.59 Å². The standard InChI is InChI=1S/C30H31N5O3/c1-32(30(37)38-25-15-9-11-22-10-5-6-14-24(22)25)28-27(35-17-8-7-16-26(35)31-28)29(36)34-20-18-33(19-21-34)23-12-3-2-4-13-23/h2-6,9-15H,7-8,16-21H2,1H3. The molecule has 0 atom stereocenters. The molecule has 194 valence electrons. The third-order valence-corrected chi connectivity index (χ3v) is 7.49. The fourth-order valence-electron chi connectivity index (χ4n) is 5.41. The molecule has 4 aromatic rings. The number of nitrogens with zero attached hydrogens (tertiary/aromatic N) is 5. The maximum atomic E-state index is 13.9. The van der Waals surface area contributed by atoms with Gasteiger partial charge in [0.25, 0.3) is 5.91 Å². The molecule has 8 heteroatoms. The minimum Gasteiger partial charge on any atom is -0.409 e. The summed E-state index contributed by atoms with van der Waals surface area (Å²) in [6.45, 7) is 3.45. The van der Waals surface area contributed by atoms with E-state index in [1.54, 1.807) is 13.1 Å². The molecule has 0 aliphatic carbocycles. The molecular weight excluding hydrogens is 478 g/mol. The minimum atomic E-state index is -0.570. The Bertz CT molecular complexity index is 1470. The number of hydrogen-bond donors (Lipinski definition) is 0. The molecule has 0 spiro atoms. The SMILES string of the molecule is CN(C(=O)Oc1cccc2ccccc12)c1nc2n(c1C(=O)N1CCN(c3ccccc3)CC1)CCCC2. The largest absolute Gasteiger partial charge is 0.420 e. The number of rotatable bonds is 4. The van der Waals surface area contributed by atoms with Gasteiger partial charge in [0.15, 0.2) is 11.5 Å². The van der Waals surface area contributed by atoms with E-state index in [2.05, 4.69) is 17.0 Å². The number of fused-ring (bicyclic) bond motifs is 2. The zero-order valence-electron chi connectivity index (χ0n) is 21.5. The first-order valence-electron chi connectivity index (χ1n) is 13.2. The molecular formula is C30H31N5O3. The molecule has 2 amide bonds. The normalized spacial score (nSPS) is 15.3. The summed E-state index contributed by atoms with van der Waals surface area (Å²) in [5.41, 5.74) is 1.64. The second-order valence-electron chi connectivity index (χ2n) is 9.83. The zero-order valence-corrected chi connectivity index (χ0v) is 21.5. The first kappa shape index (κ1) is 24.0. The van der Waals surface area contributed by atoms with Crippen molar-refractivity contribution in [3.63, 3.8) is 0 Å². The van der Waals surface area contributed by atoms with Crippen LogP contribution in [0.2, 0.25) is 0 Å². The number of piperazine rings is 1. The van der Waals surface area contributed by atoms with Crippen LogP contribution in [0.25, 0.3) is 10.8 Å². The van der Waals surface area contributed by atoms with E-state index >= 15 is 0 Å². The zero-order chi connectivity index (χ0) is 26.1. The Morgan fingerprint density at radius 3 is 2.39 bits per heavy atom. The highest BCUT2D eigenvalue weighted by molar-refractivity contribution is 6.02. The second kappa shape index (κ2) is 10.2. The van der Waals surface area contributed by atoms with E-state index in [1.165, 1.54) is 4.90 Å². The van der Waals surface area contributed by atoms with Gasteiger partial charge in [-0.1, -0.05) is 54.6 Å². The third-order valence-electron chi connectivity index (χ3n) is 7.49. The summed E-state index contributed by atoms with van der Waals surface area (Å²) < 4.78 is 7.83. The maximum Gasteiger partial charge on any atom is 0.420 e. The summed E-state index contributed by atoms with van der Waals surface area (Å²) in [5.74, 6) is 1.61. The van der Waals surface area contributed by atoms with Crippen LogP contribution in [0.15, 0.2) is 72.8 Å². The molecule has 0 bridgehead atoms. The van der Waals surface area contributed by atoms with Crippen LogP contribution < -0.4 is 14.5 Å². The molecule has 6 rings (SSSR count). The molecule has 0 radical (unpaired) electrons. The molecule has 2 aliphatic heterocycles. The van der Waals surface area contributed by atoms with Gasteiger partial charge >= 0.3 is 6.09 Å². The van der Waals surface area contributed by atoms with Crippen LogP contribution in [-0.4, -0.2) is 59.7 Å². The average Bonchev–Trinajstić information content (AvgIpc) is 3.37. The van der Waals surface area contributed by atoms with Gasteiger partial charge in [-0.15, -0.1) is 0 Å². The topological polar surface area (TPSA) is 70.9 Å². The number of para-hydroxylation sites is 1. The summed E-state index contributed by atoms with van der Waals surface area (Å²) in [7, 11) is 1.63. The number of carbonyl (C=O) groups excluding carboxylic acids is 2. The lowest BCUT2D eigenvalue weighted by Crippen LogP contribution is -2.49. The lowest BCUT2D eigenvalue weighted by molar-refractivity contribution is 0.0735. The van der Waals surface area contributed by atoms with Gasteiger partial charge in [-0.25, -0.2) is 9.78 Å². The molecule has 1 fully saturated rings. The van der Waals surface area contributed by atoms with Crippen LogP contribution in [0, 0.1) is 0 Å². The Labute approximate surface area is 222 Å². The van der Waals surface area contributed by atoms with Gasteiger partial charge < -0.3 is 19.1 Å². The molecule has 3 heterocycles. The van der Waals surface area contributed by atoms with Gasteiger partial charge in [0.2, 0.25) is 0 Å². The van der Waals surface area contributed by atoms with E-state index in [0.717, 1.165) is 61.2 Å². The summed E-state index contributed by atoms with van der Waals surface area (Å²) >= 11 is 0.